The summed E-state index contributed by atoms with van der Waals surface area (Å²) in [6.45, 7) is 7.40. The van der Waals surface area contributed by atoms with Crippen LogP contribution in [0.15, 0.2) is 0 Å². The zero-order chi connectivity index (χ0) is 14.8. The Hall–Kier alpha value is -0.980. The van der Waals surface area contributed by atoms with Crippen LogP contribution in [0.2, 0.25) is 0 Å². The monoisotopic (exact) mass is 287 g/mol. The Morgan fingerprint density at radius 1 is 1.00 bits per heavy atom. The molecule has 6 heteroatoms. The quantitative estimate of drug-likeness (QED) is 0.416. The van der Waals surface area contributed by atoms with Gasteiger partial charge in [0.2, 0.25) is 11.8 Å². The largest absolute Gasteiger partial charge is 0.379 e. The number of rotatable bonds is 11. The maximum Gasteiger partial charge on any atom is 0.232 e. The molecule has 0 radical (unpaired) electrons. The van der Waals surface area contributed by atoms with Crippen molar-refractivity contribution < 1.29 is 23.8 Å². The van der Waals surface area contributed by atoms with Crippen LogP contribution in [-0.2, 0) is 23.8 Å². The molecule has 1 heterocycles. The lowest BCUT2D eigenvalue weighted by Crippen LogP contribution is -2.33. The van der Waals surface area contributed by atoms with Gasteiger partial charge in [-0.15, -0.1) is 0 Å². The molecule has 2 amide bonds. The molecule has 1 saturated heterocycles. The Morgan fingerprint density at radius 3 is 2.05 bits per heavy atom. The third kappa shape index (κ3) is 5.98. The predicted octanol–water partition coefficient (Wildman–Crippen LogP) is 0.841. The highest BCUT2D eigenvalue weighted by Gasteiger charge is 2.34. The third-order valence-corrected chi connectivity index (χ3v) is 3.02. The molecular formula is C14H25NO5. The van der Waals surface area contributed by atoms with Gasteiger partial charge in [-0.2, -0.15) is 0 Å². The Bertz CT molecular complexity index is 308. The Balaban J connectivity index is 1.92. The first-order valence-corrected chi connectivity index (χ1v) is 7.24. The SMILES string of the molecule is CCCOCCOCCOCCN1C(=O)CC(C)C1=O. The van der Waals surface area contributed by atoms with Crippen LogP contribution in [0.5, 0.6) is 0 Å². The number of hydrogen-bond acceptors (Lipinski definition) is 5. The van der Waals surface area contributed by atoms with Crippen molar-refractivity contribution in [2.45, 2.75) is 26.7 Å². The highest BCUT2D eigenvalue weighted by molar-refractivity contribution is 6.03. The first kappa shape index (κ1) is 17.1. The topological polar surface area (TPSA) is 65.1 Å². The Kier molecular flexibility index (Phi) is 8.41. The fourth-order valence-electron chi connectivity index (χ4n) is 1.93. The van der Waals surface area contributed by atoms with Crippen molar-refractivity contribution in [1.29, 1.82) is 0 Å². The first-order chi connectivity index (χ1) is 9.66. The van der Waals surface area contributed by atoms with Gasteiger partial charge in [0.15, 0.2) is 0 Å². The molecule has 116 valence electrons. The van der Waals surface area contributed by atoms with Crippen molar-refractivity contribution in [2.24, 2.45) is 5.92 Å². The highest BCUT2D eigenvalue weighted by Crippen LogP contribution is 2.17. The summed E-state index contributed by atoms with van der Waals surface area (Å²) in [4.78, 5) is 24.4. The maximum absolute atomic E-state index is 11.6. The number of amides is 2. The number of nitrogens with zero attached hydrogens (tertiary/aromatic N) is 1. The molecule has 0 aromatic carbocycles. The lowest BCUT2D eigenvalue weighted by molar-refractivity contribution is -0.140. The van der Waals surface area contributed by atoms with E-state index in [-0.39, 0.29) is 17.7 Å². The summed E-state index contributed by atoms with van der Waals surface area (Å²) < 4.78 is 15.9. The van der Waals surface area contributed by atoms with Gasteiger partial charge in [0.1, 0.15) is 0 Å². The van der Waals surface area contributed by atoms with Crippen LogP contribution >= 0.6 is 0 Å². The summed E-state index contributed by atoms with van der Waals surface area (Å²) in [5.41, 5.74) is 0. The van der Waals surface area contributed by atoms with Crippen LogP contribution in [0, 0.1) is 5.92 Å². The summed E-state index contributed by atoms with van der Waals surface area (Å²) in [5.74, 6) is -0.382. The summed E-state index contributed by atoms with van der Waals surface area (Å²) >= 11 is 0. The molecular weight excluding hydrogens is 262 g/mol. The van der Waals surface area contributed by atoms with Crippen molar-refractivity contribution in [3.63, 3.8) is 0 Å². The molecule has 0 bridgehead atoms. The predicted molar refractivity (Wildman–Crippen MR) is 73.2 cm³/mol. The second kappa shape index (κ2) is 9.85. The normalized spacial score (nSPS) is 19.1. The van der Waals surface area contributed by atoms with Gasteiger partial charge >= 0.3 is 0 Å². The summed E-state index contributed by atoms with van der Waals surface area (Å²) in [6, 6.07) is 0. The van der Waals surface area contributed by atoms with Crippen LogP contribution < -0.4 is 0 Å². The highest BCUT2D eigenvalue weighted by atomic mass is 16.5. The van der Waals surface area contributed by atoms with Gasteiger partial charge in [0, 0.05) is 18.9 Å². The Labute approximate surface area is 120 Å². The van der Waals surface area contributed by atoms with E-state index >= 15 is 0 Å². The van der Waals surface area contributed by atoms with Gasteiger partial charge < -0.3 is 14.2 Å². The minimum atomic E-state index is -0.186. The van der Waals surface area contributed by atoms with E-state index in [1.807, 2.05) is 0 Å². The van der Waals surface area contributed by atoms with Crippen LogP contribution in [0.25, 0.3) is 0 Å². The standard InChI is InChI=1S/C14H25NO5/c1-3-5-18-7-9-20-10-8-19-6-4-15-13(16)11-12(2)14(15)17/h12H,3-11H2,1-2H3. The number of likely N-dealkylation sites (tertiary alicyclic amines) is 1. The lowest BCUT2D eigenvalue weighted by atomic mass is 10.1. The molecule has 6 nitrogen and oxygen atoms in total. The van der Waals surface area contributed by atoms with E-state index in [4.69, 9.17) is 14.2 Å². The number of hydrogen-bond donors (Lipinski definition) is 0. The molecule has 1 aliphatic rings. The number of imide groups is 1. The van der Waals surface area contributed by atoms with E-state index in [2.05, 4.69) is 6.92 Å². The molecule has 20 heavy (non-hydrogen) atoms. The second-order valence-electron chi connectivity index (χ2n) is 4.83. The van der Waals surface area contributed by atoms with Gasteiger partial charge in [-0.25, -0.2) is 0 Å². The van der Waals surface area contributed by atoms with E-state index in [0.29, 0.717) is 46.0 Å². The average Bonchev–Trinajstić information content (AvgIpc) is 2.67. The Morgan fingerprint density at radius 2 is 1.55 bits per heavy atom. The smallest absolute Gasteiger partial charge is 0.232 e. The van der Waals surface area contributed by atoms with E-state index in [0.717, 1.165) is 13.0 Å². The zero-order valence-corrected chi connectivity index (χ0v) is 12.4. The van der Waals surface area contributed by atoms with Crippen LogP contribution in [0.1, 0.15) is 26.7 Å². The van der Waals surface area contributed by atoms with Crippen molar-refractivity contribution in [3.05, 3.63) is 0 Å². The van der Waals surface area contributed by atoms with Crippen molar-refractivity contribution in [2.75, 3.05) is 46.2 Å². The first-order valence-electron chi connectivity index (χ1n) is 7.24. The summed E-state index contributed by atoms with van der Waals surface area (Å²) in [6.07, 6.45) is 1.33. The molecule has 1 atom stereocenters. The molecule has 0 saturated carbocycles. The van der Waals surface area contributed by atoms with Gasteiger partial charge in [-0.05, 0) is 6.42 Å². The fraction of sp³-hybridized carbons (Fsp3) is 0.857. The number of carbonyl (C=O) groups is 2. The molecule has 1 aliphatic heterocycles. The fourth-order valence-corrected chi connectivity index (χ4v) is 1.93. The summed E-state index contributed by atoms with van der Waals surface area (Å²) in [5, 5.41) is 0. The molecule has 0 aromatic heterocycles. The van der Waals surface area contributed by atoms with E-state index in [1.165, 1.54) is 4.90 Å². The van der Waals surface area contributed by atoms with E-state index < -0.39 is 0 Å². The maximum atomic E-state index is 11.6. The van der Waals surface area contributed by atoms with Crippen molar-refractivity contribution >= 4 is 11.8 Å². The molecule has 0 aromatic rings. The minimum absolute atomic E-state index is 0.0945. The molecule has 0 spiro atoms. The second-order valence-corrected chi connectivity index (χ2v) is 4.83. The molecule has 1 fully saturated rings. The lowest BCUT2D eigenvalue weighted by Gasteiger charge is -2.14. The van der Waals surface area contributed by atoms with Crippen LogP contribution in [0.4, 0.5) is 0 Å². The van der Waals surface area contributed by atoms with Gasteiger partial charge in [0.05, 0.1) is 39.6 Å². The van der Waals surface area contributed by atoms with Crippen LogP contribution in [0.3, 0.4) is 0 Å². The summed E-state index contributed by atoms with van der Waals surface area (Å²) in [7, 11) is 0. The molecule has 0 N–H and O–H groups in total. The van der Waals surface area contributed by atoms with Crippen molar-refractivity contribution in [3.8, 4) is 0 Å². The van der Waals surface area contributed by atoms with E-state index in [1.54, 1.807) is 6.92 Å². The molecule has 0 aliphatic carbocycles. The molecule has 1 unspecified atom stereocenters. The number of ether oxygens (including phenoxy) is 3. The molecule has 1 rings (SSSR count). The third-order valence-electron chi connectivity index (χ3n) is 3.02. The zero-order valence-electron chi connectivity index (χ0n) is 12.4. The average molecular weight is 287 g/mol. The van der Waals surface area contributed by atoms with Gasteiger partial charge in [-0.1, -0.05) is 13.8 Å². The van der Waals surface area contributed by atoms with E-state index in [9.17, 15) is 9.59 Å². The van der Waals surface area contributed by atoms with Gasteiger partial charge in [-0.3, -0.25) is 14.5 Å². The minimum Gasteiger partial charge on any atom is -0.379 e. The van der Waals surface area contributed by atoms with Gasteiger partial charge in [0.25, 0.3) is 0 Å². The van der Waals surface area contributed by atoms with Crippen molar-refractivity contribution in [1.82, 2.24) is 4.90 Å². The number of carbonyl (C=O) groups excluding carboxylic acids is 2. The van der Waals surface area contributed by atoms with Crippen LogP contribution in [-0.4, -0.2) is 62.9 Å².